The summed E-state index contributed by atoms with van der Waals surface area (Å²) in [5, 5.41) is 0. The molecule has 0 atom stereocenters. The Morgan fingerprint density at radius 3 is 2.92 bits per heavy atom. The van der Waals surface area contributed by atoms with Gasteiger partial charge in [0, 0.05) is 18.2 Å². The first kappa shape index (κ1) is 7.98. The Bertz CT molecular complexity index is 431. The standard InChI is InChI=1S/C10H10N2O/c1-6-3-4-8-9(6)10(7(2)13)12-5-11-8/h3-5H,1-2H3,(H,11,12). The third kappa shape index (κ3) is 1.13. The van der Waals surface area contributed by atoms with Crippen molar-refractivity contribution in [2.24, 2.45) is 0 Å². The SMILES string of the molecule is CC(=O)c1nc[nH]c2ccc(C)c1-2. The number of ketones is 1. The van der Waals surface area contributed by atoms with Crippen LogP contribution in [0.5, 0.6) is 0 Å². The van der Waals surface area contributed by atoms with E-state index in [2.05, 4.69) is 9.97 Å². The van der Waals surface area contributed by atoms with Crippen molar-refractivity contribution >= 4 is 5.78 Å². The third-order valence-electron chi connectivity index (χ3n) is 2.15. The van der Waals surface area contributed by atoms with Gasteiger partial charge in [0.1, 0.15) is 5.69 Å². The van der Waals surface area contributed by atoms with Crippen molar-refractivity contribution in [2.75, 3.05) is 0 Å². The number of hydrogen-bond donors (Lipinski definition) is 1. The summed E-state index contributed by atoms with van der Waals surface area (Å²) in [5.41, 5.74) is 3.55. The molecule has 0 bridgehead atoms. The van der Waals surface area contributed by atoms with Crippen LogP contribution in [0.3, 0.4) is 0 Å². The summed E-state index contributed by atoms with van der Waals surface area (Å²) in [7, 11) is 0. The van der Waals surface area contributed by atoms with Gasteiger partial charge in [-0.25, -0.2) is 4.98 Å². The van der Waals surface area contributed by atoms with Gasteiger partial charge in [-0.15, -0.1) is 0 Å². The molecule has 3 heteroatoms. The van der Waals surface area contributed by atoms with Crippen molar-refractivity contribution in [3.8, 4) is 11.3 Å². The molecule has 1 heterocycles. The van der Waals surface area contributed by atoms with Crippen LogP contribution >= 0.6 is 0 Å². The molecule has 1 aliphatic heterocycles. The topological polar surface area (TPSA) is 45.8 Å². The highest BCUT2D eigenvalue weighted by atomic mass is 16.1. The average Bonchev–Trinajstić information content (AvgIpc) is 2.48. The number of aromatic nitrogens is 2. The van der Waals surface area contributed by atoms with Gasteiger partial charge in [-0.05, 0) is 18.6 Å². The lowest BCUT2D eigenvalue weighted by Crippen LogP contribution is -2.01. The Hall–Kier alpha value is -1.64. The summed E-state index contributed by atoms with van der Waals surface area (Å²) in [4.78, 5) is 18.3. The summed E-state index contributed by atoms with van der Waals surface area (Å²) in [5.74, 6) is 0.00769. The van der Waals surface area contributed by atoms with Crippen LogP contribution in [0.1, 0.15) is 23.0 Å². The fraction of sp³-hybridized carbons (Fsp3) is 0.200. The van der Waals surface area contributed by atoms with Crippen LogP contribution in [0.4, 0.5) is 0 Å². The number of H-pyrrole nitrogens is 1. The number of Topliss-reactive ketones (excluding diaryl/α,β-unsaturated/α-hetero) is 1. The number of hydrogen-bond acceptors (Lipinski definition) is 2. The van der Waals surface area contributed by atoms with Crippen molar-refractivity contribution in [3.63, 3.8) is 0 Å². The Morgan fingerprint density at radius 1 is 1.46 bits per heavy atom. The molecular weight excluding hydrogens is 164 g/mol. The predicted octanol–water partition coefficient (Wildman–Crippen LogP) is 2.03. The molecule has 0 saturated heterocycles. The first-order chi connectivity index (χ1) is 6.20. The Kier molecular flexibility index (Phi) is 1.65. The number of carbonyl (C=O) groups is 1. The van der Waals surface area contributed by atoms with E-state index in [4.69, 9.17) is 0 Å². The minimum absolute atomic E-state index is 0.00769. The van der Waals surface area contributed by atoms with Crippen molar-refractivity contribution in [1.82, 2.24) is 9.97 Å². The molecule has 0 unspecified atom stereocenters. The Labute approximate surface area is 76.2 Å². The second kappa shape index (κ2) is 2.69. The number of fused-ring (bicyclic) bond motifs is 1. The van der Waals surface area contributed by atoms with E-state index in [0.29, 0.717) is 5.69 Å². The smallest absolute Gasteiger partial charge is 0.178 e. The lowest BCUT2D eigenvalue weighted by Gasteiger charge is -2.04. The summed E-state index contributed by atoms with van der Waals surface area (Å²) in [6, 6.07) is 3.94. The number of rotatable bonds is 1. The molecule has 13 heavy (non-hydrogen) atoms. The summed E-state index contributed by atoms with van der Waals surface area (Å²) < 4.78 is 0. The van der Waals surface area contributed by atoms with Gasteiger partial charge in [-0.2, -0.15) is 0 Å². The van der Waals surface area contributed by atoms with Gasteiger partial charge >= 0.3 is 0 Å². The van der Waals surface area contributed by atoms with Crippen LogP contribution < -0.4 is 0 Å². The van der Waals surface area contributed by atoms with E-state index in [0.717, 1.165) is 16.8 Å². The summed E-state index contributed by atoms with van der Waals surface area (Å²) >= 11 is 0. The molecule has 0 radical (unpaired) electrons. The maximum atomic E-state index is 11.2. The Morgan fingerprint density at radius 2 is 2.23 bits per heavy atom. The van der Waals surface area contributed by atoms with Gasteiger partial charge < -0.3 is 4.98 Å². The Balaban J connectivity index is 2.77. The monoisotopic (exact) mass is 174 g/mol. The van der Waals surface area contributed by atoms with Crippen molar-refractivity contribution in [1.29, 1.82) is 0 Å². The zero-order valence-electron chi connectivity index (χ0n) is 7.59. The number of nitrogens with one attached hydrogen (secondary N) is 1. The molecule has 66 valence electrons. The normalized spacial score (nSPS) is 10.6. The quantitative estimate of drug-likeness (QED) is 0.672. The van der Waals surface area contributed by atoms with Gasteiger partial charge in [-0.3, -0.25) is 4.79 Å². The van der Waals surface area contributed by atoms with Crippen molar-refractivity contribution in [3.05, 3.63) is 29.7 Å². The molecule has 0 spiro atoms. The van der Waals surface area contributed by atoms with Gasteiger partial charge in [-0.1, -0.05) is 6.07 Å². The van der Waals surface area contributed by atoms with E-state index < -0.39 is 0 Å². The highest BCUT2D eigenvalue weighted by Crippen LogP contribution is 2.27. The average molecular weight is 174 g/mol. The maximum absolute atomic E-state index is 11.2. The first-order valence-electron chi connectivity index (χ1n) is 4.14. The van der Waals surface area contributed by atoms with Gasteiger partial charge in [0.15, 0.2) is 5.78 Å². The lowest BCUT2D eigenvalue weighted by atomic mass is 10.1. The molecule has 2 rings (SSSR count). The highest BCUT2D eigenvalue weighted by molar-refractivity contribution is 5.99. The second-order valence-corrected chi connectivity index (χ2v) is 3.11. The fourth-order valence-electron chi connectivity index (χ4n) is 1.52. The van der Waals surface area contributed by atoms with E-state index in [1.54, 1.807) is 6.33 Å². The van der Waals surface area contributed by atoms with E-state index in [1.807, 2.05) is 19.1 Å². The minimum atomic E-state index is 0.00769. The van der Waals surface area contributed by atoms with E-state index in [1.165, 1.54) is 6.92 Å². The van der Waals surface area contributed by atoms with Crippen LogP contribution in [-0.4, -0.2) is 15.8 Å². The highest BCUT2D eigenvalue weighted by Gasteiger charge is 2.15. The zero-order chi connectivity index (χ0) is 9.42. The van der Waals surface area contributed by atoms with Crippen LogP contribution in [0.2, 0.25) is 0 Å². The molecular formula is C10H10N2O. The second-order valence-electron chi connectivity index (χ2n) is 3.11. The first-order valence-corrected chi connectivity index (χ1v) is 4.14. The molecule has 0 saturated carbocycles. The van der Waals surface area contributed by atoms with Gasteiger partial charge in [0.2, 0.25) is 0 Å². The molecule has 0 aromatic rings. The van der Waals surface area contributed by atoms with Gasteiger partial charge in [0.05, 0.1) is 6.33 Å². The lowest BCUT2D eigenvalue weighted by molar-refractivity contribution is 0.101. The van der Waals surface area contributed by atoms with Crippen LogP contribution in [-0.2, 0) is 0 Å². The zero-order valence-corrected chi connectivity index (χ0v) is 7.59. The molecule has 1 aliphatic carbocycles. The number of aryl methyl sites for hydroxylation is 1. The van der Waals surface area contributed by atoms with Crippen molar-refractivity contribution in [2.45, 2.75) is 13.8 Å². The number of carbonyl (C=O) groups excluding carboxylic acids is 1. The molecule has 0 fully saturated rings. The molecule has 2 aliphatic rings. The molecule has 1 N–H and O–H groups in total. The van der Waals surface area contributed by atoms with E-state index >= 15 is 0 Å². The molecule has 0 aromatic carbocycles. The predicted molar refractivity (Wildman–Crippen MR) is 50.0 cm³/mol. The third-order valence-corrected chi connectivity index (χ3v) is 2.15. The van der Waals surface area contributed by atoms with Crippen LogP contribution in [0.15, 0.2) is 18.5 Å². The van der Waals surface area contributed by atoms with Gasteiger partial charge in [0.25, 0.3) is 0 Å². The number of aromatic amines is 1. The molecule has 3 nitrogen and oxygen atoms in total. The van der Waals surface area contributed by atoms with Crippen LogP contribution in [0, 0.1) is 6.92 Å². The minimum Gasteiger partial charge on any atom is -0.346 e. The number of nitrogens with zero attached hydrogens (tertiary/aromatic N) is 1. The molecule has 0 amide bonds. The van der Waals surface area contributed by atoms with E-state index in [-0.39, 0.29) is 5.78 Å². The summed E-state index contributed by atoms with van der Waals surface area (Å²) in [6.07, 6.45) is 1.55. The van der Waals surface area contributed by atoms with Crippen LogP contribution in [0.25, 0.3) is 11.3 Å². The largest absolute Gasteiger partial charge is 0.346 e. The van der Waals surface area contributed by atoms with Crippen molar-refractivity contribution < 1.29 is 4.79 Å². The summed E-state index contributed by atoms with van der Waals surface area (Å²) in [6.45, 7) is 3.51. The fourth-order valence-corrected chi connectivity index (χ4v) is 1.52. The van der Waals surface area contributed by atoms with E-state index in [9.17, 15) is 4.79 Å². The maximum Gasteiger partial charge on any atom is 0.178 e. The molecule has 0 aromatic heterocycles.